The minimum Gasteiger partial charge on any atom is -0.368 e. The van der Waals surface area contributed by atoms with Crippen LogP contribution in [-0.2, 0) is 6.54 Å². The van der Waals surface area contributed by atoms with Crippen LogP contribution in [0.15, 0.2) is 24.3 Å². The summed E-state index contributed by atoms with van der Waals surface area (Å²) in [5.74, 6) is 0.957. The quantitative estimate of drug-likeness (QED) is 0.810. The number of piperidine rings is 1. The molecule has 2 atom stereocenters. The summed E-state index contributed by atoms with van der Waals surface area (Å²) in [6, 6.07) is 10.1. The molecule has 3 rings (SSSR count). The Labute approximate surface area is 129 Å². The van der Waals surface area contributed by atoms with Crippen LogP contribution in [0.5, 0.6) is 0 Å². The summed E-state index contributed by atoms with van der Waals surface area (Å²) in [6.07, 6.45) is 9.79. The highest BCUT2D eigenvalue weighted by Crippen LogP contribution is 2.37. The maximum Gasteiger partial charge on any atom is 0.0369 e. The molecule has 0 aromatic heterocycles. The minimum absolute atomic E-state index is 0.816. The summed E-state index contributed by atoms with van der Waals surface area (Å²) in [5, 5.41) is 3.48. The monoisotopic (exact) mass is 286 g/mol. The predicted molar refractivity (Wildman–Crippen MR) is 90.8 cm³/mol. The van der Waals surface area contributed by atoms with Gasteiger partial charge in [0, 0.05) is 24.8 Å². The zero-order valence-electron chi connectivity index (χ0n) is 13.5. The van der Waals surface area contributed by atoms with Gasteiger partial charge >= 0.3 is 0 Å². The van der Waals surface area contributed by atoms with E-state index >= 15 is 0 Å². The first-order valence-electron chi connectivity index (χ1n) is 8.95. The number of benzene rings is 1. The topological polar surface area (TPSA) is 15.3 Å². The Hall–Kier alpha value is -1.02. The molecule has 0 bridgehead atoms. The number of rotatable bonds is 5. The average molecular weight is 286 g/mol. The molecular weight excluding hydrogens is 256 g/mol. The van der Waals surface area contributed by atoms with Gasteiger partial charge in [-0.05, 0) is 62.3 Å². The van der Waals surface area contributed by atoms with E-state index in [9.17, 15) is 0 Å². The second kappa shape index (κ2) is 7.31. The second-order valence-corrected chi connectivity index (χ2v) is 6.79. The Bertz CT molecular complexity index is 424. The molecule has 0 radical (unpaired) electrons. The lowest BCUT2D eigenvalue weighted by atomic mass is 9.78. The van der Waals surface area contributed by atoms with Crippen molar-refractivity contribution in [2.24, 2.45) is 5.92 Å². The second-order valence-electron chi connectivity index (χ2n) is 6.79. The SMILES string of the molecule is CCCNCc1ccc(N2CCCC3CCCCC32)cc1. The summed E-state index contributed by atoms with van der Waals surface area (Å²) in [4.78, 5) is 2.70. The maximum atomic E-state index is 3.48. The molecule has 1 heterocycles. The van der Waals surface area contributed by atoms with Gasteiger partial charge in [-0.15, -0.1) is 0 Å². The molecule has 1 aromatic rings. The number of nitrogens with zero attached hydrogens (tertiary/aromatic N) is 1. The van der Waals surface area contributed by atoms with Crippen molar-refractivity contribution >= 4 is 5.69 Å². The minimum atomic E-state index is 0.816. The molecule has 1 N–H and O–H groups in total. The van der Waals surface area contributed by atoms with Crippen molar-refractivity contribution in [2.75, 3.05) is 18.0 Å². The summed E-state index contributed by atoms with van der Waals surface area (Å²) in [6.45, 7) is 5.58. The van der Waals surface area contributed by atoms with E-state index in [4.69, 9.17) is 0 Å². The largest absolute Gasteiger partial charge is 0.368 e. The first-order valence-corrected chi connectivity index (χ1v) is 8.95. The lowest BCUT2D eigenvalue weighted by Gasteiger charge is -2.45. The zero-order valence-corrected chi connectivity index (χ0v) is 13.5. The number of fused-ring (bicyclic) bond motifs is 1. The van der Waals surface area contributed by atoms with Crippen LogP contribution >= 0.6 is 0 Å². The molecule has 2 fully saturated rings. The molecule has 1 aliphatic carbocycles. The molecule has 1 aliphatic heterocycles. The first kappa shape index (κ1) is 14.9. The van der Waals surface area contributed by atoms with Crippen molar-refractivity contribution in [3.63, 3.8) is 0 Å². The third kappa shape index (κ3) is 3.60. The number of hydrogen-bond acceptors (Lipinski definition) is 2. The van der Waals surface area contributed by atoms with Crippen LogP contribution in [0.4, 0.5) is 5.69 Å². The van der Waals surface area contributed by atoms with Gasteiger partial charge in [0.1, 0.15) is 0 Å². The van der Waals surface area contributed by atoms with Crippen LogP contribution in [-0.4, -0.2) is 19.1 Å². The van der Waals surface area contributed by atoms with Gasteiger partial charge in [-0.3, -0.25) is 0 Å². The summed E-state index contributed by atoms with van der Waals surface area (Å²) in [5.41, 5.74) is 2.86. The van der Waals surface area contributed by atoms with E-state index < -0.39 is 0 Å². The third-order valence-corrected chi connectivity index (χ3v) is 5.27. The maximum absolute atomic E-state index is 3.48. The smallest absolute Gasteiger partial charge is 0.0369 e. The fraction of sp³-hybridized carbons (Fsp3) is 0.684. The third-order valence-electron chi connectivity index (χ3n) is 5.27. The van der Waals surface area contributed by atoms with E-state index in [-0.39, 0.29) is 0 Å². The van der Waals surface area contributed by atoms with Crippen molar-refractivity contribution in [3.05, 3.63) is 29.8 Å². The molecule has 0 spiro atoms. The van der Waals surface area contributed by atoms with Gasteiger partial charge in [-0.1, -0.05) is 31.9 Å². The standard InChI is InChI=1S/C19H30N2/c1-2-13-20-15-16-9-11-18(12-10-16)21-14-5-7-17-6-3-4-8-19(17)21/h9-12,17,19-20H,2-8,13-15H2,1H3. The van der Waals surface area contributed by atoms with Crippen LogP contribution in [0.25, 0.3) is 0 Å². The van der Waals surface area contributed by atoms with Crippen molar-refractivity contribution < 1.29 is 0 Å². The summed E-state index contributed by atoms with van der Waals surface area (Å²) >= 11 is 0. The highest BCUT2D eigenvalue weighted by atomic mass is 15.2. The van der Waals surface area contributed by atoms with Gasteiger partial charge in [0.15, 0.2) is 0 Å². The molecule has 0 amide bonds. The van der Waals surface area contributed by atoms with Crippen LogP contribution in [0.1, 0.15) is 57.4 Å². The Morgan fingerprint density at radius 2 is 1.81 bits per heavy atom. The zero-order chi connectivity index (χ0) is 14.5. The van der Waals surface area contributed by atoms with Gasteiger partial charge in [0.25, 0.3) is 0 Å². The number of nitrogens with one attached hydrogen (secondary N) is 1. The predicted octanol–water partition coefficient (Wildman–Crippen LogP) is 4.35. The molecule has 1 saturated carbocycles. The van der Waals surface area contributed by atoms with Gasteiger partial charge in [0.05, 0.1) is 0 Å². The highest BCUT2D eigenvalue weighted by molar-refractivity contribution is 5.49. The fourth-order valence-electron chi connectivity index (χ4n) is 4.16. The molecule has 21 heavy (non-hydrogen) atoms. The van der Waals surface area contributed by atoms with Crippen LogP contribution in [0, 0.1) is 5.92 Å². The Morgan fingerprint density at radius 1 is 1.05 bits per heavy atom. The van der Waals surface area contributed by atoms with Crippen molar-refractivity contribution in [3.8, 4) is 0 Å². The van der Waals surface area contributed by atoms with Crippen molar-refractivity contribution in [2.45, 2.75) is 64.5 Å². The number of hydrogen-bond donors (Lipinski definition) is 1. The fourth-order valence-corrected chi connectivity index (χ4v) is 4.16. The molecule has 1 saturated heterocycles. The van der Waals surface area contributed by atoms with E-state index in [0.717, 1.165) is 25.0 Å². The number of anilines is 1. The van der Waals surface area contributed by atoms with Gasteiger partial charge in [0.2, 0.25) is 0 Å². The van der Waals surface area contributed by atoms with Crippen LogP contribution in [0.3, 0.4) is 0 Å². The van der Waals surface area contributed by atoms with E-state index in [0.29, 0.717) is 0 Å². The first-order chi connectivity index (χ1) is 10.4. The lowest BCUT2D eigenvalue weighted by Crippen LogP contribution is -2.46. The molecule has 116 valence electrons. The highest BCUT2D eigenvalue weighted by Gasteiger charge is 2.33. The van der Waals surface area contributed by atoms with E-state index in [2.05, 4.69) is 41.4 Å². The Kier molecular flexibility index (Phi) is 5.18. The normalized spacial score (nSPS) is 25.7. The van der Waals surface area contributed by atoms with Gasteiger partial charge in [-0.25, -0.2) is 0 Å². The van der Waals surface area contributed by atoms with Crippen molar-refractivity contribution in [1.29, 1.82) is 0 Å². The summed E-state index contributed by atoms with van der Waals surface area (Å²) in [7, 11) is 0. The van der Waals surface area contributed by atoms with E-state index in [1.807, 2.05) is 0 Å². The molecule has 2 aliphatic rings. The Balaban J connectivity index is 1.65. The summed E-state index contributed by atoms with van der Waals surface area (Å²) < 4.78 is 0. The van der Waals surface area contributed by atoms with E-state index in [1.54, 1.807) is 0 Å². The molecule has 2 heteroatoms. The molecule has 2 unspecified atom stereocenters. The van der Waals surface area contributed by atoms with Crippen LogP contribution in [0.2, 0.25) is 0 Å². The molecule has 2 nitrogen and oxygen atoms in total. The molecular formula is C19H30N2. The van der Waals surface area contributed by atoms with Crippen molar-refractivity contribution in [1.82, 2.24) is 5.32 Å². The van der Waals surface area contributed by atoms with Gasteiger partial charge < -0.3 is 10.2 Å². The molecule has 1 aromatic carbocycles. The Morgan fingerprint density at radius 3 is 2.62 bits per heavy atom. The lowest BCUT2D eigenvalue weighted by molar-refractivity contribution is 0.244. The van der Waals surface area contributed by atoms with Gasteiger partial charge in [-0.2, -0.15) is 0 Å². The van der Waals surface area contributed by atoms with E-state index in [1.165, 1.54) is 62.7 Å². The van der Waals surface area contributed by atoms with Crippen LogP contribution < -0.4 is 10.2 Å². The average Bonchev–Trinajstić information content (AvgIpc) is 2.55.